The summed E-state index contributed by atoms with van der Waals surface area (Å²) >= 11 is 0. The van der Waals surface area contributed by atoms with Crippen molar-refractivity contribution in [3.05, 3.63) is 65.2 Å². The molecule has 30 heavy (non-hydrogen) atoms. The standard InChI is InChI=1S/C24H35N3O3/c1-5-25-24(26-15-19-10-12-20(13-11-19)17-29-6-2)27-16-23(28)21-8-7-9-22(14-21)30-18(3)4/h7-14,18,23,28H,5-6,15-17H2,1-4H3,(H2,25,26,27). The van der Waals surface area contributed by atoms with Crippen LogP contribution in [0.4, 0.5) is 0 Å². The highest BCUT2D eigenvalue weighted by Crippen LogP contribution is 2.20. The van der Waals surface area contributed by atoms with Crippen molar-refractivity contribution < 1.29 is 14.6 Å². The van der Waals surface area contributed by atoms with Crippen molar-refractivity contribution in [1.29, 1.82) is 0 Å². The van der Waals surface area contributed by atoms with Gasteiger partial charge in [0.1, 0.15) is 5.75 Å². The van der Waals surface area contributed by atoms with Gasteiger partial charge in [0.15, 0.2) is 5.96 Å². The molecule has 0 heterocycles. The molecule has 0 bridgehead atoms. The van der Waals surface area contributed by atoms with E-state index in [0.717, 1.165) is 29.0 Å². The van der Waals surface area contributed by atoms with E-state index in [2.05, 4.69) is 39.9 Å². The average Bonchev–Trinajstić information content (AvgIpc) is 2.74. The Labute approximate surface area is 180 Å². The Morgan fingerprint density at radius 3 is 2.43 bits per heavy atom. The predicted octanol–water partition coefficient (Wildman–Crippen LogP) is 3.80. The zero-order chi connectivity index (χ0) is 21.8. The van der Waals surface area contributed by atoms with Crippen LogP contribution in [-0.4, -0.2) is 36.9 Å². The molecule has 0 aromatic heterocycles. The molecular formula is C24H35N3O3. The average molecular weight is 414 g/mol. The van der Waals surface area contributed by atoms with Gasteiger partial charge in [0.05, 0.1) is 25.4 Å². The lowest BCUT2D eigenvalue weighted by molar-refractivity contribution is 0.134. The molecule has 0 radical (unpaired) electrons. The summed E-state index contributed by atoms with van der Waals surface area (Å²) in [6.45, 7) is 11.0. The third-order valence-corrected chi connectivity index (χ3v) is 4.34. The summed E-state index contributed by atoms with van der Waals surface area (Å²) in [5.74, 6) is 1.43. The monoisotopic (exact) mass is 413 g/mol. The van der Waals surface area contributed by atoms with Gasteiger partial charge in [-0.15, -0.1) is 0 Å². The van der Waals surface area contributed by atoms with E-state index < -0.39 is 6.10 Å². The second-order valence-corrected chi connectivity index (χ2v) is 7.28. The minimum Gasteiger partial charge on any atom is -0.491 e. The van der Waals surface area contributed by atoms with Gasteiger partial charge in [-0.3, -0.25) is 0 Å². The van der Waals surface area contributed by atoms with Crippen molar-refractivity contribution in [3.63, 3.8) is 0 Å². The van der Waals surface area contributed by atoms with Crippen molar-refractivity contribution in [2.45, 2.75) is 53.1 Å². The minimum atomic E-state index is -0.664. The molecule has 0 fully saturated rings. The van der Waals surface area contributed by atoms with Crippen LogP contribution in [0.3, 0.4) is 0 Å². The first-order chi connectivity index (χ1) is 14.5. The van der Waals surface area contributed by atoms with Crippen molar-refractivity contribution in [1.82, 2.24) is 10.6 Å². The first-order valence-electron chi connectivity index (χ1n) is 10.6. The Hall–Kier alpha value is -2.57. The number of aliphatic hydroxyl groups excluding tert-OH is 1. The molecule has 2 rings (SSSR count). The topological polar surface area (TPSA) is 75.1 Å². The summed E-state index contributed by atoms with van der Waals surface area (Å²) < 4.78 is 11.1. The first-order valence-corrected chi connectivity index (χ1v) is 10.6. The van der Waals surface area contributed by atoms with Gasteiger partial charge in [-0.25, -0.2) is 4.99 Å². The number of hydrogen-bond acceptors (Lipinski definition) is 4. The SMILES string of the molecule is CCNC(=NCc1ccc(COCC)cc1)NCC(O)c1cccc(OC(C)C)c1. The summed E-state index contributed by atoms with van der Waals surface area (Å²) in [7, 11) is 0. The Balaban J connectivity index is 1.93. The van der Waals surface area contributed by atoms with Gasteiger partial charge in [-0.2, -0.15) is 0 Å². The maximum absolute atomic E-state index is 10.6. The number of nitrogens with zero attached hydrogens (tertiary/aromatic N) is 1. The van der Waals surface area contributed by atoms with Crippen LogP contribution in [0.5, 0.6) is 5.75 Å². The van der Waals surface area contributed by atoms with E-state index in [4.69, 9.17) is 9.47 Å². The van der Waals surface area contributed by atoms with Crippen molar-refractivity contribution in [2.24, 2.45) is 4.99 Å². The highest BCUT2D eigenvalue weighted by atomic mass is 16.5. The highest BCUT2D eigenvalue weighted by Gasteiger charge is 2.10. The third kappa shape index (κ3) is 8.43. The van der Waals surface area contributed by atoms with Crippen LogP contribution in [0, 0.1) is 0 Å². The lowest BCUT2D eigenvalue weighted by Crippen LogP contribution is -2.39. The van der Waals surface area contributed by atoms with Crippen LogP contribution in [0.15, 0.2) is 53.5 Å². The Morgan fingerprint density at radius 1 is 1.03 bits per heavy atom. The summed E-state index contributed by atoms with van der Waals surface area (Å²) in [4.78, 5) is 4.63. The van der Waals surface area contributed by atoms with Gasteiger partial charge in [0.2, 0.25) is 0 Å². The minimum absolute atomic E-state index is 0.0937. The molecule has 0 aliphatic heterocycles. The van der Waals surface area contributed by atoms with Crippen LogP contribution < -0.4 is 15.4 Å². The summed E-state index contributed by atoms with van der Waals surface area (Å²) in [5, 5.41) is 17.0. The summed E-state index contributed by atoms with van der Waals surface area (Å²) in [6.07, 6.45) is -0.571. The molecule has 1 unspecified atom stereocenters. The van der Waals surface area contributed by atoms with Crippen LogP contribution in [0.25, 0.3) is 0 Å². The second-order valence-electron chi connectivity index (χ2n) is 7.28. The molecule has 0 aliphatic carbocycles. The Bertz CT molecular complexity index is 776. The maximum atomic E-state index is 10.6. The van der Waals surface area contributed by atoms with Gasteiger partial charge in [0, 0.05) is 19.7 Å². The number of hydrogen-bond donors (Lipinski definition) is 3. The highest BCUT2D eigenvalue weighted by molar-refractivity contribution is 5.79. The van der Waals surface area contributed by atoms with Crippen molar-refractivity contribution in [2.75, 3.05) is 19.7 Å². The van der Waals surface area contributed by atoms with Crippen molar-refractivity contribution in [3.8, 4) is 5.75 Å². The van der Waals surface area contributed by atoms with Gasteiger partial charge in [-0.05, 0) is 56.5 Å². The van der Waals surface area contributed by atoms with Gasteiger partial charge in [0.25, 0.3) is 0 Å². The zero-order valence-corrected chi connectivity index (χ0v) is 18.5. The normalized spacial score (nSPS) is 12.7. The van der Waals surface area contributed by atoms with Crippen LogP contribution in [-0.2, 0) is 17.9 Å². The number of rotatable bonds is 11. The molecule has 0 saturated carbocycles. The zero-order valence-electron chi connectivity index (χ0n) is 18.5. The molecular weight excluding hydrogens is 378 g/mol. The lowest BCUT2D eigenvalue weighted by atomic mass is 10.1. The molecule has 0 saturated heterocycles. The Morgan fingerprint density at radius 2 is 1.77 bits per heavy atom. The van der Waals surface area contributed by atoms with Gasteiger partial charge >= 0.3 is 0 Å². The maximum Gasteiger partial charge on any atom is 0.191 e. The van der Waals surface area contributed by atoms with E-state index >= 15 is 0 Å². The summed E-state index contributed by atoms with van der Waals surface area (Å²) in [5.41, 5.74) is 3.08. The van der Waals surface area contributed by atoms with Gasteiger partial charge < -0.3 is 25.2 Å². The number of nitrogens with one attached hydrogen (secondary N) is 2. The van der Waals surface area contributed by atoms with E-state index in [0.29, 0.717) is 32.3 Å². The van der Waals surface area contributed by atoms with E-state index in [1.54, 1.807) is 0 Å². The molecule has 164 valence electrons. The summed E-state index contributed by atoms with van der Waals surface area (Å²) in [6, 6.07) is 15.8. The molecule has 0 spiro atoms. The lowest BCUT2D eigenvalue weighted by Gasteiger charge is -2.17. The molecule has 0 aliphatic rings. The Kier molecular flexibility index (Phi) is 10.2. The predicted molar refractivity (Wildman–Crippen MR) is 122 cm³/mol. The second kappa shape index (κ2) is 12.9. The number of aliphatic hydroxyl groups is 1. The molecule has 2 aromatic rings. The fourth-order valence-electron chi connectivity index (χ4n) is 2.85. The van der Waals surface area contributed by atoms with Crippen LogP contribution in [0.2, 0.25) is 0 Å². The van der Waals surface area contributed by atoms with E-state index in [1.165, 1.54) is 0 Å². The molecule has 3 N–H and O–H groups in total. The molecule has 0 amide bonds. The van der Waals surface area contributed by atoms with E-state index in [1.807, 2.05) is 52.0 Å². The van der Waals surface area contributed by atoms with Crippen LogP contribution in [0.1, 0.15) is 50.5 Å². The first kappa shape index (κ1) is 23.7. The molecule has 2 aromatic carbocycles. The third-order valence-electron chi connectivity index (χ3n) is 4.34. The molecule has 6 heteroatoms. The number of aliphatic imine (C=N–C) groups is 1. The molecule has 1 atom stereocenters. The largest absolute Gasteiger partial charge is 0.491 e. The number of guanidine groups is 1. The number of ether oxygens (including phenoxy) is 2. The quantitative estimate of drug-likeness (QED) is 0.386. The smallest absolute Gasteiger partial charge is 0.191 e. The fraction of sp³-hybridized carbons (Fsp3) is 0.458. The molecule has 6 nitrogen and oxygen atoms in total. The number of benzene rings is 2. The fourth-order valence-corrected chi connectivity index (χ4v) is 2.85. The van der Waals surface area contributed by atoms with E-state index in [-0.39, 0.29) is 6.10 Å². The van der Waals surface area contributed by atoms with Crippen LogP contribution >= 0.6 is 0 Å². The van der Waals surface area contributed by atoms with E-state index in [9.17, 15) is 5.11 Å². The van der Waals surface area contributed by atoms with Gasteiger partial charge in [-0.1, -0.05) is 36.4 Å². The van der Waals surface area contributed by atoms with Crippen molar-refractivity contribution >= 4 is 5.96 Å².